The van der Waals surface area contributed by atoms with Crippen molar-refractivity contribution in [2.45, 2.75) is 38.1 Å². The molecule has 2 rings (SSSR count). The van der Waals surface area contributed by atoms with Crippen LogP contribution >= 0.6 is 11.6 Å². The molecule has 1 aromatic carbocycles. The van der Waals surface area contributed by atoms with Crippen LogP contribution in [0.3, 0.4) is 0 Å². The van der Waals surface area contributed by atoms with Crippen molar-refractivity contribution in [3.8, 4) is 0 Å². The van der Waals surface area contributed by atoms with Crippen LogP contribution in [0.15, 0.2) is 29.2 Å². The number of nitrogens with zero attached hydrogens (tertiary/aromatic N) is 2. The molecule has 0 aliphatic rings. The Kier molecular flexibility index (Phi) is 5.66. The van der Waals surface area contributed by atoms with E-state index in [1.54, 1.807) is 23.7 Å². The van der Waals surface area contributed by atoms with Crippen molar-refractivity contribution in [3.63, 3.8) is 0 Å². The average Bonchev–Trinajstić information content (AvgIpc) is 2.78. The maximum absolute atomic E-state index is 12.5. The maximum atomic E-state index is 12.5. The van der Waals surface area contributed by atoms with E-state index in [9.17, 15) is 13.2 Å². The molecule has 0 aliphatic heterocycles. The molecule has 2 aromatic rings. The van der Waals surface area contributed by atoms with E-state index in [2.05, 4.69) is 17.3 Å². The lowest BCUT2D eigenvalue weighted by atomic mass is 10.2. The monoisotopic (exact) mass is 369 g/mol. The molecule has 130 valence electrons. The number of hydrogen-bond acceptors (Lipinski definition) is 4. The van der Waals surface area contributed by atoms with Crippen molar-refractivity contribution < 1.29 is 13.2 Å². The van der Waals surface area contributed by atoms with Crippen molar-refractivity contribution in [3.05, 3.63) is 40.7 Å². The van der Waals surface area contributed by atoms with Gasteiger partial charge in [0.15, 0.2) is 9.84 Å². The molecule has 0 fully saturated rings. The van der Waals surface area contributed by atoms with Crippen LogP contribution in [0.4, 0.5) is 5.69 Å². The quantitative estimate of drug-likeness (QED) is 0.847. The molecule has 6 nitrogen and oxygen atoms in total. The van der Waals surface area contributed by atoms with Gasteiger partial charge in [-0.1, -0.05) is 31.0 Å². The van der Waals surface area contributed by atoms with Gasteiger partial charge in [0, 0.05) is 18.5 Å². The van der Waals surface area contributed by atoms with Crippen molar-refractivity contribution in [2.75, 3.05) is 11.6 Å². The third-order valence-corrected chi connectivity index (χ3v) is 5.03. The molecule has 0 radical (unpaired) electrons. The van der Waals surface area contributed by atoms with E-state index in [0.717, 1.165) is 19.1 Å². The predicted molar refractivity (Wildman–Crippen MR) is 94.4 cm³/mol. The lowest BCUT2D eigenvalue weighted by molar-refractivity contribution is 0.102. The number of unbranched alkanes of at least 4 members (excludes halogenated alkanes) is 1. The molecule has 0 aliphatic carbocycles. The molecule has 0 unspecified atom stereocenters. The van der Waals surface area contributed by atoms with Crippen molar-refractivity contribution in [1.82, 2.24) is 9.78 Å². The first-order valence-corrected chi connectivity index (χ1v) is 9.85. The topological polar surface area (TPSA) is 81.1 Å². The first kappa shape index (κ1) is 18.5. The SMILES string of the molecule is CCCCn1nc(C)c(C(=O)Nc2cccc(S(C)(=O)=O)c2)c1Cl. The third kappa shape index (κ3) is 4.15. The van der Waals surface area contributed by atoms with Crippen molar-refractivity contribution >= 4 is 33.0 Å². The van der Waals surface area contributed by atoms with E-state index in [0.29, 0.717) is 23.5 Å². The highest BCUT2D eigenvalue weighted by Gasteiger charge is 2.20. The number of sulfone groups is 1. The summed E-state index contributed by atoms with van der Waals surface area (Å²) >= 11 is 6.27. The molecule has 1 amide bonds. The Morgan fingerprint density at radius 2 is 2.08 bits per heavy atom. The summed E-state index contributed by atoms with van der Waals surface area (Å²) in [4.78, 5) is 12.6. The van der Waals surface area contributed by atoms with Gasteiger partial charge < -0.3 is 5.32 Å². The van der Waals surface area contributed by atoms with Crippen LogP contribution in [0.2, 0.25) is 5.15 Å². The molecule has 0 saturated heterocycles. The average molecular weight is 370 g/mol. The molecular formula is C16H20ClN3O3S. The summed E-state index contributed by atoms with van der Waals surface area (Å²) in [5.41, 5.74) is 1.23. The number of carbonyl (C=O) groups excluding carboxylic acids is 1. The molecular weight excluding hydrogens is 350 g/mol. The van der Waals surface area contributed by atoms with Gasteiger partial charge in [-0.05, 0) is 31.5 Å². The van der Waals surface area contributed by atoms with Crippen LogP contribution in [-0.4, -0.2) is 30.4 Å². The Balaban J connectivity index is 2.26. The molecule has 0 saturated carbocycles. The number of amides is 1. The Morgan fingerprint density at radius 1 is 1.38 bits per heavy atom. The minimum atomic E-state index is -3.34. The summed E-state index contributed by atoms with van der Waals surface area (Å²) in [6.07, 6.45) is 3.03. The number of hydrogen-bond donors (Lipinski definition) is 1. The summed E-state index contributed by atoms with van der Waals surface area (Å²) in [5, 5.41) is 7.27. The number of benzene rings is 1. The number of aromatic nitrogens is 2. The summed E-state index contributed by atoms with van der Waals surface area (Å²) < 4.78 is 24.8. The van der Waals surface area contributed by atoms with E-state index in [1.807, 2.05) is 0 Å². The van der Waals surface area contributed by atoms with E-state index in [4.69, 9.17) is 11.6 Å². The van der Waals surface area contributed by atoms with Gasteiger partial charge in [0.25, 0.3) is 5.91 Å². The van der Waals surface area contributed by atoms with Crippen molar-refractivity contribution in [2.24, 2.45) is 0 Å². The molecule has 1 N–H and O–H groups in total. The highest BCUT2D eigenvalue weighted by Crippen LogP contribution is 2.23. The standard InChI is InChI=1S/C16H20ClN3O3S/c1-4-5-9-20-15(17)14(11(2)19-20)16(21)18-12-7-6-8-13(10-12)24(3,22)23/h6-8,10H,4-5,9H2,1-3H3,(H,18,21). The summed E-state index contributed by atoms with van der Waals surface area (Å²) in [6.45, 7) is 4.43. The fourth-order valence-corrected chi connectivity index (χ4v) is 3.28. The first-order chi connectivity index (χ1) is 11.2. The van der Waals surface area contributed by atoms with Crippen LogP contribution in [-0.2, 0) is 16.4 Å². The zero-order valence-corrected chi connectivity index (χ0v) is 15.4. The number of aryl methyl sites for hydroxylation is 2. The number of carbonyl (C=O) groups is 1. The molecule has 8 heteroatoms. The summed E-state index contributed by atoms with van der Waals surface area (Å²) in [7, 11) is -3.34. The van der Waals surface area contributed by atoms with Gasteiger partial charge in [0.2, 0.25) is 0 Å². The maximum Gasteiger partial charge on any atom is 0.260 e. The Labute approximate surface area is 146 Å². The van der Waals surface area contributed by atoms with Gasteiger partial charge in [0.05, 0.1) is 16.2 Å². The molecule has 0 atom stereocenters. The zero-order valence-electron chi connectivity index (χ0n) is 13.8. The minimum Gasteiger partial charge on any atom is -0.322 e. The lowest BCUT2D eigenvalue weighted by Crippen LogP contribution is -2.13. The molecule has 0 bridgehead atoms. The van der Waals surface area contributed by atoms with Gasteiger partial charge in [-0.15, -0.1) is 0 Å². The normalized spacial score (nSPS) is 11.5. The Hall–Kier alpha value is -1.86. The van der Waals surface area contributed by atoms with E-state index < -0.39 is 15.7 Å². The number of nitrogens with one attached hydrogen (secondary N) is 1. The number of anilines is 1. The second-order valence-electron chi connectivity index (χ2n) is 5.58. The fourth-order valence-electron chi connectivity index (χ4n) is 2.27. The predicted octanol–water partition coefficient (Wildman–Crippen LogP) is 3.30. The first-order valence-electron chi connectivity index (χ1n) is 7.58. The molecule has 1 aromatic heterocycles. The lowest BCUT2D eigenvalue weighted by Gasteiger charge is -2.07. The van der Waals surface area contributed by atoms with Crippen LogP contribution < -0.4 is 5.32 Å². The van der Waals surface area contributed by atoms with Crippen LogP contribution in [0.25, 0.3) is 0 Å². The summed E-state index contributed by atoms with van der Waals surface area (Å²) in [6, 6.07) is 6.09. The van der Waals surface area contributed by atoms with Gasteiger partial charge >= 0.3 is 0 Å². The highest BCUT2D eigenvalue weighted by atomic mass is 35.5. The van der Waals surface area contributed by atoms with E-state index in [-0.39, 0.29) is 10.0 Å². The van der Waals surface area contributed by atoms with Gasteiger partial charge in [-0.3, -0.25) is 9.48 Å². The van der Waals surface area contributed by atoms with Crippen LogP contribution in [0.1, 0.15) is 35.8 Å². The minimum absolute atomic E-state index is 0.141. The second kappa shape index (κ2) is 7.36. The zero-order chi connectivity index (χ0) is 17.9. The highest BCUT2D eigenvalue weighted by molar-refractivity contribution is 7.90. The van der Waals surface area contributed by atoms with Gasteiger partial charge in [-0.2, -0.15) is 5.10 Å². The third-order valence-electron chi connectivity index (χ3n) is 3.54. The van der Waals surface area contributed by atoms with E-state index in [1.165, 1.54) is 12.1 Å². The number of rotatable bonds is 6. The second-order valence-corrected chi connectivity index (χ2v) is 7.96. The van der Waals surface area contributed by atoms with Crippen LogP contribution in [0, 0.1) is 6.92 Å². The van der Waals surface area contributed by atoms with Gasteiger partial charge in [0.1, 0.15) is 5.15 Å². The van der Waals surface area contributed by atoms with Crippen molar-refractivity contribution in [1.29, 1.82) is 0 Å². The largest absolute Gasteiger partial charge is 0.322 e. The Morgan fingerprint density at radius 3 is 2.71 bits per heavy atom. The smallest absolute Gasteiger partial charge is 0.260 e. The summed E-state index contributed by atoms with van der Waals surface area (Å²) in [5.74, 6) is -0.411. The van der Waals surface area contributed by atoms with Gasteiger partial charge in [-0.25, -0.2) is 8.42 Å². The molecule has 24 heavy (non-hydrogen) atoms. The number of halogens is 1. The van der Waals surface area contributed by atoms with E-state index >= 15 is 0 Å². The molecule has 1 heterocycles. The van der Waals surface area contributed by atoms with Crippen LogP contribution in [0.5, 0.6) is 0 Å². The molecule has 0 spiro atoms. The Bertz CT molecular complexity index is 859. The fraction of sp³-hybridized carbons (Fsp3) is 0.375.